The Bertz CT molecular complexity index is 754. The summed E-state index contributed by atoms with van der Waals surface area (Å²) in [5.41, 5.74) is 3.18. The van der Waals surface area contributed by atoms with Gasteiger partial charge in [-0.2, -0.15) is 0 Å². The average molecular weight is 370 g/mol. The maximum atomic E-state index is 12.1. The Hall–Kier alpha value is -2.33. The van der Waals surface area contributed by atoms with Gasteiger partial charge >= 0.3 is 0 Å². The molecule has 26 heavy (non-hydrogen) atoms. The molecule has 5 heteroatoms. The van der Waals surface area contributed by atoms with Crippen LogP contribution in [0.1, 0.15) is 37.7 Å². The number of amides is 1. The Balaban J connectivity index is 1.44. The highest BCUT2D eigenvalue weighted by Gasteiger charge is 2.06. The second kappa shape index (κ2) is 9.39. The molecule has 0 radical (unpaired) electrons. The van der Waals surface area contributed by atoms with Gasteiger partial charge in [0.05, 0.1) is 18.3 Å². The van der Waals surface area contributed by atoms with Gasteiger partial charge in [0, 0.05) is 11.6 Å². The zero-order valence-corrected chi connectivity index (χ0v) is 15.6. The van der Waals surface area contributed by atoms with Gasteiger partial charge in [-0.1, -0.05) is 35.4 Å². The molecule has 0 aliphatic heterocycles. The van der Waals surface area contributed by atoms with E-state index in [9.17, 15) is 4.79 Å². The molecule has 0 unspecified atom stereocenters. The van der Waals surface area contributed by atoms with Gasteiger partial charge in [0.15, 0.2) is 0 Å². The summed E-state index contributed by atoms with van der Waals surface area (Å²) in [4.78, 5) is 16.5. The Kier molecular flexibility index (Phi) is 6.67. The van der Waals surface area contributed by atoms with E-state index < -0.39 is 0 Å². The Labute approximate surface area is 159 Å². The van der Waals surface area contributed by atoms with Crippen LogP contribution in [0, 0.1) is 0 Å². The molecule has 1 heterocycles. The van der Waals surface area contributed by atoms with Crippen molar-refractivity contribution in [1.29, 1.82) is 0 Å². The molecule has 0 saturated heterocycles. The highest BCUT2D eigenvalue weighted by atomic mass is 35.5. The number of aromatic nitrogens is 1. The summed E-state index contributed by atoms with van der Waals surface area (Å²) < 4.78 is 0. The van der Waals surface area contributed by atoms with Crippen LogP contribution in [-0.4, -0.2) is 17.4 Å². The second-order valence-corrected chi connectivity index (χ2v) is 7.00. The molecule has 1 aliphatic carbocycles. The van der Waals surface area contributed by atoms with Crippen LogP contribution in [0.3, 0.4) is 0 Å². The zero-order valence-electron chi connectivity index (χ0n) is 14.8. The van der Waals surface area contributed by atoms with E-state index in [0.29, 0.717) is 17.1 Å². The number of anilines is 2. The van der Waals surface area contributed by atoms with E-state index in [2.05, 4.69) is 21.7 Å². The molecule has 1 aromatic carbocycles. The molecule has 0 atom stereocenters. The van der Waals surface area contributed by atoms with Gasteiger partial charge < -0.3 is 10.6 Å². The predicted molar refractivity (Wildman–Crippen MR) is 108 cm³/mol. The van der Waals surface area contributed by atoms with Crippen molar-refractivity contribution in [2.24, 2.45) is 0 Å². The van der Waals surface area contributed by atoms with Crippen molar-refractivity contribution in [3.8, 4) is 0 Å². The molecule has 136 valence electrons. The van der Waals surface area contributed by atoms with E-state index in [-0.39, 0.29) is 5.91 Å². The highest BCUT2D eigenvalue weighted by molar-refractivity contribution is 6.30. The molecular weight excluding hydrogens is 346 g/mol. The minimum absolute atomic E-state index is 0.0703. The van der Waals surface area contributed by atoms with Crippen LogP contribution < -0.4 is 10.6 Å². The Morgan fingerprint density at radius 3 is 2.65 bits per heavy atom. The number of hydrogen-bond donors (Lipinski definition) is 2. The van der Waals surface area contributed by atoms with Crippen LogP contribution in [0.15, 0.2) is 54.2 Å². The van der Waals surface area contributed by atoms with Crippen molar-refractivity contribution in [2.45, 2.75) is 38.5 Å². The third-order valence-corrected chi connectivity index (χ3v) is 4.71. The molecule has 2 aromatic rings. The first-order valence-corrected chi connectivity index (χ1v) is 9.49. The summed E-state index contributed by atoms with van der Waals surface area (Å²) in [5.74, 6) is 0.760. The van der Waals surface area contributed by atoms with Crippen molar-refractivity contribution in [1.82, 2.24) is 4.98 Å². The lowest BCUT2D eigenvalue weighted by Crippen LogP contribution is -2.14. The van der Waals surface area contributed by atoms with Gasteiger partial charge in [0.1, 0.15) is 5.82 Å². The number of hydrogen-bond acceptors (Lipinski definition) is 3. The van der Waals surface area contributed by atoms with Gasteiger partial charge in [0.2, 0.25) is 5.91 Å². The van der Waals surface area contributed by atoms with Crippen molar-refractivity contribution < 1.29 is 4.79 Å². The second-order valence-electron chi connectivity index (χ2n) is 6.57. The minimum atomic E-state index is -0.0703. The summed E-state index contributed by atoms with van der Waals surface area (Å²) in [6.45, 7) is 0.890. The van der Waals surface area contributed by atoms with Gasteiger partial charge in [-0.3, -0.25) is 4.79 Å². The summed E-state index contributed by atoms with van der Waals surface area (Å²) >= 11 is 5.86. The third-order valence-electron chi connectivity index (χ3n) is 4.46. The molecular formula is C21H24ClN3O. The van der Waals surface area contributed by atoms with E-state index in [1.54, 1.807) is 23.9 Å². The van der Waals surface area contributed by atoms with Gasteiger partial charge in [-0.15, -0.1) is 0 Å². The van der Waals surface area contributed by atoms with Crippen molar-refractivity contribution in [2.75, 3.05) is 17.2 Å². The van der Waals surface area contributed by atoms with Crippen LogP contribution >= 0.6 is 11.6 Å². The molecule has 3 rings (SSSR count). The van der Waals surface area contributed by atoms with Crippen LogP contribution in [0.25, 0.3) is 0 Å². The number of rotatable bonds is 7. The Morgan fingerprint density at radius 2 is 1.96 bits per heavy atom. The van der Waals surface area contributed by atoms with E-state index in [1.165, 1.54) is 25.7 Å². The van der Waals surface area contributed by atoms with Gasteiger partial charge in [0.25, 0.3) is 0 Å². The van der Waals surface area contributed by atoms with Crippen LogP contribution in [-0.2, 0) is 11.2 Å². The molecule has 1 aliphatic rings. The van der Waals surface area contributed by atoms with Crippen LogP contribution in [0.4, 0.5) is 11.5 Å². The summed E-state index contributed by atoms with van der Waals surface area (Å²) in [6, 6.07) is 11.1. The summed E-state index contributed by atoms with van der Waals surface area (Å²) in [5, 5.41) is 6.88. The number of carbonyl (C=O) groups is 1. The maximum Gasteiger partial charge on any atom is 0.228 e. The smallest absolute Gasteiger partial charge is 0.228 e. The molecule has 0 bridgehead atoms. The lowest BCUT2D eigenvalue weighted by atomic mass is 9.97. The van der Waals surface area contributed by atoms with Gasteiger partial charge in [-0.05, 0) is 61.9 Å². The molecule has 0 fully saturated rings. The summed E-state index contributed by atoms with van der Waals surface area (Å²) in [6.07, 6.45) is 10.5. The number of pyridine rings is 1. The number of allylic oxidation sites excluding steroid dienone is 1. The molecule has 1 aromatic heterocycles. The lowest BCUT2D eigenvalue weighted by molar-refractivity contribution is -0.115. The number of nitrogens with one attached hydrogen (secondary N) is 2. The lowest BCUT2D eigenvalue weighted by Gasteiger charge is -2.13. The molecule has 2 N–H and O–H groups in total. The largest absolute Gasteiger partial charge is 0.370 e. The monoisotopic (exact) mass is 369 g/mol. The van der Waals surface area contributed by atoms with E-state index in [1.807, 2.05) is 24.3 Å². The third kappa shape index (κ3) is 5.88. The first kappa shape index (κ1) is 18.5. The fourth-order valence-electron chi connectivity index (χ4n) is 3.05. The molecule has 0 spiro atoms. The number of nitrogens with zero attached hydrogens (tertiary/aromatic N) is 1. The van der Waals surface area contributed by atoms with E-state index >= 15 is 0 Å². The average Bonchev–Trinajstić information content (AvgIpc) is 2.66. The van der Waals surface area contributed by atoms with E-state index in [0.717, 1.165) is 24.3 Å². The normalized spacial score (nSPS) is 13.8. The van der Waals surface area contributed by atoms with Crippen molar-refractivity contribution in [3.05, 3.63) is 64.8 Å². The Morgan fingerprint density at radius 1 is 1.12 bits per heavy atom. The van der Waals surface area contributed by atoms with Crippen molar-refractivity contribution in [3.63, 3.8) is 0 Å². The van der Waals surface area contributed by atoms with Crippen LogP contribution in [0.2, 0.25) is 5.02 Å². The molecule has 1 amide bonds. The zero-order chi connectivity index (χ0) is 18.2. The fraction of sp³-hybridized carbons (Fsp3) is 0.333. The van der Waals surface area contributed by atoms with E-state index in [4.69, 9.17) is 11.6 Å². The fourth-order valence-corrected chi connectivity index (χ4v) is 3.17. The highest BCUT2D eigenvalue weighted by Crippen LogP contribution is 2.20. The number of benzene rings is 1. The predicted octanol–water partition coefficient (Wildman–Crippen LogP) is 5.22. The standard InChI is InChI=1S/C21H24ClN3O/c22-18-8-6-17(7-9-18)14-21(26)25-19-10-11-20(24-15-19)23-13-12-16-4-2-1-3-5-16/h4,6-11,15H,1-3,5,12-14H2,(H,23,24)(H,25,26). The molecule has 4 nitrogen and oxygen atoms in total. The topological polar surface area (TPSA) is 54.0 Å². The maximum absolute atomic E-state index is 12.1. The van der Waals surface area contributed by atoms with Crippen LogP contribution in [0.5, 0.6) is 0 Å². The number of carbonyl (C=O) groups excluding carboxylic acids is 1. The SMILES string of the molecule is O=C(Cc1ccc(Cl)cc1)Nc1ccc(NCCC2=CCCCC2)nc1. The van der Waals surface area contributed by atoms with Crippen molar-refractivity contribution >= 4 is 29.0 Å². The first-order chi connectivity index (χ1) is 12.7. The summed E-state index contributed by atoms with van der Waals surface area (Å²) in [7, 11) is 0. The minimum Gasteiger partial charge on any atom is -0.370 e. The quantitative estimate of drug-likeness (QED) is 0.658. The van der Waals surface area contributed by atoms with Gasteiger partial charge in [-0.25, -0.2) is 4.98 Å². The first-order valence-electron chi connectivity index (χ1n) is 9.11. The molecule has 0 saturated carbocycles. The number of halogens is 1.